The van der Waals surface area contributed by atoms with Crippen LogP contribution in [0.25, 0.3) is 0 Å². The first kappa shape index (κ1) is 20.0. The van der Waals surface area contributed by atoms with Crippen LogP contribution in [0.15, 0.2) is 11.6 Å². The van der Waals surface area contributed by atoms with Gasteiger partial charge in [0.25, 0.3) is 0 Å². The van der Waals surface area contributed by atoms with E-state index in [4.69, 9.17) is 0 Å². The Hall–Kier alpha value is -1.32. The molecule has 4 saturated carbocycles. The fraction of sp³-hybridized carbons (Fsp3) is 0.833. The summed E-state index contributed by atoms with van der Waals surface area (Å²) in [4.78, 5) is 26.2. The molecule has 5 aliphatic rings. The summed E-state index contributed by atoms with van der Waals surface area (Å²) >= 11 is 0. The first-order chi connectivity index (χ1) is 13.4. The zero-order valence-electron chi connectivity index (χ0n) is 17.8. The first-order valence-corrected chi connectivity index (χ1v) is 11.7. The van der Waals surface area contributed by atoms with Crippen LogP contribution in [0, 0.1) is 29.1 Å². The van der Waals surface area contributed by atoms with Crippen LogP contribution in [0.2, 0.25) is 0 Å². The van der Waals surface area contributed by atoms with E-state index in [0.29, 0.717) is 6.54 Å². The monoisotopic (exact) mass is 386 g/mol. The van der Waals surface area contributed by atoms with E-state index in [9.17, 15) is 9.59 Å². The maximum Gasteiger partial charge on any atom is 0.242 e. The van der Waals surface area contributed by atoms with Gasteiger partial charge in [0.05, 0.1) is 0 Å². The van der Waals surface area contributed by atoms with Crippen LogP contribution in [0.1, 0.15) is 84.5 Å². The van der Waals surface area contributed by atoms with Crippen LogP contribution in [0.4, 0.5) is 0 Å². The molecule has 0 saturated heterocycles. The highest BCUT2D eigenvalue weighted by Crippen LogP contribution is 2.60. The molecule has 4 fully saturated rings. The van der Waals surface area contributed by atoms with E-state index in [1.165, 1.54) is 50.5 Å². The molecule has 0 spiro atoms. The Morgan fingerprint density at radius 2 is 1.71 bits per heavy atom. The fourth-order valence-corrected chi connectivity index (χ4v) is 6.81. The molecular formula is C24H38N2O2. The summed E-state index contributed by atoms with van der Waals surface area (Å²) in [5.74, 6) is 2.48. The second-order valence-corrected chi connectivity index (χ2v) is 10.5. The van der Waals surface area contributed by atoms with Crippen molar-refractivity contribution in [2.24, 2.45) is 29.1 Å². The van der Waals surface area contributed by atoms with E-state index in [0.717, 1.165) is 43.4 Å². The second-order valence-electron chi connectivity index (χ2n) is 10.5. The normalized spacial score (nSPS) is 34.8. The summed E-state index contributed by atoms with van der Waals surface area (Å²) in [5, 5.41) is 6.29. The van der Waals surface area contributed by atoms with Crippen LogP contribution in [0.5, 0.6) is 0 Å². The van der Waals surface area contributed by atoms with Gasteiger partial charge in [-0.05, 0) is 94.3 Å². The molecule has 4 nitrogen and oxygen atoms in total. The summed E-state index contributed by atoms with van der Waals surface area (Å²) in [7, 11) is 0. The Morgan fingerprint density at radius 1 is 1.07 bits per heavy atom. The molecule has 1 atom stereocenters. The van der Waals surface area contributed by atoms with Crippen molar-refractivity contribution in [3.63, 3.8) is 0 Å². The number of hydrogen-bond acceptors (Lipinski definition) is 2. The molecule has 1 unspecified atom stereocenters. The first-order valence-electron chi connectivity index (χ1n) is 11.7. The minimum absolute atomic E-state index is 0.00973. The average Bonchev–Trinajstić information content (AvgIpc) is 2.65. The molecule has 2 amide bonds. The van der Waals surface area contributed by atoms with E-state index in [2.05, 4.69) is 16.7 Å². The molecule has 0 radical (unpaired) electrons. The van der Waals surface area contributed by atoms with E-state index in [-0.39, 0.29) is 23.1 Å². The maximum absolute atomic E-state index is 13.3. The number of rotatable bonds is 7. The van der Waals surface area contributed by atoms with Crippen molar-refractivity contribution in [2.75, 3.05) is 6.54 Å². The Morgan fingerprint density at radius 3 is 2.25 bits per heavy atom. The molecule has 0 aliphatic heterocycles. The van der Waals surface area contributed by atoms with Crippen LogP contribution in [-0.2, 0) is 9.59 Å². The summed E-state index contributed by atoms with van der Waals surface area (Å²) in [6, 6.07) is -0.416. The molecule has 0 aromatic carbocycles. The number of hydrogen-bond donors (Lipinski definition) is 2. The van der Waals surface area contributed by atoms with Gasteiger partial charge in [0.1, 0.15) is 6.04 Å². The molecule has 5 rings (SSSR count). The van der Waals surface area contributed by atoms with Crippen molar-refractivity contribution < 1.29 is 9.59 Å². The second kappa shape index (κ2) is 8.20. The number of amides is 2. The van der Waals surface area contributed by atoms with Gasteiger partial charge in [0, 0.05) is 12.0 Å². The van der Waals surface area contributed by atoms with E-state index in [1.807, 2.05) is 13.8 Å². The molecule has 5 aliphatic carbocycles. The molecule has 28 heavy (non-hydrogen) atoms. The molecular weight excluding hydrogens is 348 g/mol. The van der Waals surface area contributed by atoms with Gasteiger partial charge >= 0.3 is 0 Å². The summed E-state index contributed by atoms with van der Waals surface area (Å²) in [6.07, 6.45) is 15.3. The lowest BCUT2D eigenvalue weighted by Crippen LogP contribution is -2.58. The summed E-state index contributed by atoms with van der Waals surface area (Å²) < 4.78 is 0. The van der Waals surface area contributed by atoms with Crippen LogP contribution < -0.4 is 10.6 Å². The molecule has 156 valence electrons. The minimum Gasteiger partial charge on any atom is -0.354 e. The van der Waals surface area contributed by atoms with Gasteiger partial charge in [0.2, 0.25) is 11.8 Å². The quantitative estimate of drug-likeness (QED) is 0.639. The zero-order chi connectivity index (χ0) is 19.7. The van der Waals surface area contributed by atoms with Crippen molar-refractivity contribution in [3.8, 4) is 0 Å². The van der Waals surface area contributed by atoms with Crippen molar-refractivity contribution in [2.45, 2.75) is 90.5 Å². The number of allylic oxidation sites excluding steroid dienone is 1. The van der Waals surface area contributed by atoms with E-state index >= 15 is 0 Å². The maximum atomic E-state index is 13.3. The van der Waals surface area contributed by atoms with Gasteiger partial charge in [-0.3, -0.25) is 9.59 Å². The lowest BCUT2D eigenvalue weighted by atomic mass is 9.49. The number of nitrogens with one attached hydrogen (secondary N) is 2. The predicted molar refractivity (Wildman–Crippen MR) is 112 cm³/mol. The predicted octanol–water partition coefficient (Wildman–Crippen LogP) is 4.35. The van der Waals surface area contributed by atoms with Gasteiger partial charge in [-0.25, -0.2) is 0 Å². The van der Waals surface area contributed by atoms with Gasteiger partial charge in [-0.15, -0.1) is 0 Å². The average molecular weight is 387 g/mol. The van der Waals surface area contributed by atoms with Crippen LogP contribution >= 0.6 is 0 Å². The van der Waals surface area contributed by atoms with Gasteiger partial charge in [-0.1, -0.05) is 25.5 Å². The number of carbonyl (C=O) groups excluding carboxylic acids is 2. The zero-order valence-corrected chi connectivity index (χ0v) is 17.8. The van der Waals surface area contributed by atoms with Gasteiger partial charge in [-0.2, -0.15) is 0 Å². The lowest BCUT2D eigenvalue weighted by Gasteiger charge is -2.55. The topological polar surface area (TPSA) is 58.2 Å². The van der Waals surface area contributed by atoms with Crippen LogP contribution in [0.3, 0.4) is 0 Å². The van der Waals surface area contributed by atoms with Crippen molar-refractivity contribution in [1.82, 2.24) is 10.6 Å². The van der Waals surface area contributed by atoms with Crippen LogP contribution in [-0.4, -0.2) is 24.4 Å². The highest BCUT2D eigenvalue weighted by atomic mass is 16.2. The SMILES string of the molecule is CC(C)C(NC(=O)C12CC3CC(CC(C3)C1)C2)C(=O)NCCC1=CCCCC1. The Balaban J connectivity index is 1.33. The van der Waals surface area contributed by atoms with E-state index < -0.39 is 6.04 Å². The summed E-state index contributed by atoms with van der Waals surface area (Å²) in [6.45, 7) is 4.75. The third-order valence-corrected chi connectivity index (χ3v) is 7.89. The fourth-order valence-electron chi connectivity index (χ4n) is 6.81. The highest BCUT2D eigenvalue weighted by molar-refractivity contribution is 5.90. The Kier molecular flexibility index (Phi) is 5.85. The number of carbonyl (C=O) groups is 2. The highest BCUT2D eigenvalue weighted by Gasteiger charge is 2.55. The molecule has 0 heterocycles. The van der Waals surface area contributed by atoms with E-state index in [1.54, 1.807) is 0 Å². The smallest absolute Gasteiger partial charge is 0.242 e. The Labute approximate surface area is 170 Å². The van der Waals surface area contributed by atoms with Gasteiger partial charge in [0.15, 0.2) is 0 Å². The van der Waals surface area contributed by atoms with Crippen molar-refractivity contribution in [3.05, 3.63) is 11.6 Å². The summed E-state index contributed by atoms with van der Waals surface area (Å²) in [5.41, 5.74) is 1.29. The standard InChI is InChI=1S/C24H38N2O2/c1-16(2)21(22(27)25-9-8-17-6-4-3-5-7-17)26-23(28)24-13-18-10-19(14-24)12-20(11-18)15-24/h6,16,18-21H,3-5,7-15H2,1-2H3,(H,25,27)(H,26,28). The van der Waals surface area contributed by atoms with Crippen molar-refractivity contribution in [1.29, 1.82) is 0 Å². The largest absolute Gasteiger partial charge is 0.354 e. The third-order valence-electron chi connectivity index (χ3n) is 7.89. The van der Waals surface area contributed by atoms with Crippen molar-refractivity contribution >= 4 is 11.8 Å². The minimum atomic E-state index is -0.416. The molecule has 2 N–H and O–H groups in total. The Bertz CT molecular complexity index is 601. The molecule has 4 heteroatoms. The molecule has 4 bridgehead atoms. The molecule has 0 aromatic rings. The third kappa shape index (κ3) is 4.16. The lowest BCUT2D eigenvalue weighted by molar-refractivity contribution is -0.149. The van der Waals surface area contributed by atoms with Gasteiger partial charge < -0.3 is 10.6 Å². The molecule has 0 aromatic heterocycles.